The van der Waals surface area contributed by atoms with Gasteiger partial charge in [0.25, 0.3) is 5.91 Å². The number of nitrogens with one attached hydrogen (secondary N) is 2. The van der Waals surface area contributed by atoms with E-state index in [1.807, 2.05) is 19.1 Å². The van der Waals surface area contributed by atoms with Gasteiger partial charge in [-0.3, -0.25) is 4.79 Å². The first-order valence-electron chi connectivity index (χ1n) is 7.01. The lowest BCUT2D eigenvalue weighted by Crippen LogP contribution is -2.36. The topological polar surface area (TPSA) is 59.6 Å². The number of amides is 1. The fourth-order valence-corrected chi connectivity index (χ4v) is 2.01. The van der Waals surface area contributed by atoms with Gasteiger partial charge in [0.05, 0.1) is 11.6 Å². The van der Waals surface area contributed by atoms with Crippen LogP contribution in [0.4, 0.5) is 0 Å². The lowest BCUT2D eigenvalue weighted by atomic mass is 10.2. The second kappa shape index (κ2) is 9.60. The monoisotopic (exact) mass is 314 g/mol. The van der Waals surface area contributed by atoms with Gasteiger partial charge in [-0.25, -0.2) is 0 Å². The molecule has 1 amide bonds. The maximum Gasteiger partial charge on any atom is 0.260 e. The lowest BCUT2D eigenvalue weighted by Gasteiger charge is -2.18. The molecule has 6 heteroatoms. The number of benzene rings is 1. The summed E-state index contributed by atoms with van der Waals surface area (Å²) in [5, 5.41) is 6.46. The molecule has 1 aromatic carbocycles. The van der Waals surface area contributed by atoms with Gasteiger partial charge in [0, 0.05) is 32.3 Å². The van der Waals surface area contributed by atoms with Crippen LogP contribution >= 0.6 is 11.6 Å². The number of rotatable bonds is 9. The Kier molecular flexibility index (Phi) is 8.12. The normalized spacial score (nSPS) is 12.0. The van der Waals surface area contributed by atoms with Crippen molar-refractivity contribution in [2.45, 2.75) is 26.5 Å². The molecule has 0 aliphatic heterocycles. The van der Waals surface area contributed by atoms with E-state index in [0.717, 1.165) is 12.1 Å². The van der Waals surface area contributed by atoms with Gasteiger partial charge < -0.3 is 20.1 Å². The second-order valence-electron chi connectivity index (χ2n) is 4.55. The van der Waals surface area contributed by atoms with Crippen LogP contribution in [0.3, 0.4) is 0 Å². The summed E-state index contributed by atoms with van der Waals surface area (Å²) in [6, 6.07) is 5.53. The van der Waals surface area contributed by atoms with Crippen LogP contribution in [0.25, 0.3) is 0 Å². The van der Waals surface area contributed by atoms with E-state index in [1.54, 1.807) is 20.1 Å². The molecule has 0 aliphatic rings. The Balaban J connectivity index is 2.73. The molecule has 0 radical (unpaired) electrons. The first kappa shape index (κ1) is 17.8. The van der Waals surface area contributed by atoms with E-state index in [-0.39, 0.29) is 5.91 Å². The molecule has 118 valence electrons. The van der Waals surface area contributed by atoms with Crippen LogP contribution in [0, 0.1) is 0 Å². The highest BCUT2D eigenvalue weighted by Crippen LogP contribution is 2.29. The molecule has 0 heterocycles. The molecule has 0 aromatic heterocycles. The number of methoxy groups -OCH3 is 1. The molecular weight excluding hydrogens is 292 g/mol. The van der Waals surface area contributed by atoms with Crippen molar-refractivity contribution in [1.82, 2.24) is 10.6 Å². The van der Waals surface area contributed by atoms with Crippen molar-refractivity contribution in [1.29, 1.82) is 0 Å². The van der Waals surface area contributed by atoms with E-state index in [2.05, 4.69) is 10.6 Å². The first-order chi connectivity index (χ1) is 10.1. The molecular formula is C15H23ClN2O3. The molecule has 5 nitrogen and oxygen atoms in total. The van der Waals surface area contributed by atoms with E-state index in [4.69, 9.17) is 21.1 Å². The number of carbonyl (C=O) groups is 1. The first-order valence-corrected chi connectivity index (χ1v) is 7.39. The minimum atomic E-state index is -0.595. The Morgan fingerprint density at radius 3 is 2.86 bits per heavy atom. The smallest absolute Gasteiger partial charge is 0.260 e. The zero-order valence-electron chi connectivity index (χ0n) is 12.7. The van der Waals surface area contributed by atoms with Crippen molar-refractivity contribution in [3.8, 4) is 5.75 Å². The van der Waals surface area contributed by atoms with Crippen molar-refractivity contribution < 1.29 is 14.3 Å². The summed E-state index contributed by atoms with van der Waals surface area (Å²) in [5.41, 5.74) is 0.912. The van der Waals surface area contributed by atoms with Crippen molar-refractivity contribution in [3.63, 3.8) is 0 Å². The Morgan fingerprint density at radius 1 is 1.43 bits per heavy atom. The Bertz CT molecular complexity index is 455. The fraction of sp³-hybridized carbons (Fsp3) is 0.533. The third kappa shape index (κ3) is 5.91. The van der Waals surface area contributed by atoms with Gasteiger partial charge in [0.15, 0.2) is 6.10 Å². The summed E-state index contributed by atoms with van der Waals surface area (Å²) in [4.78, 5) is 11.8. The zero-order valence-corrected chi connectivity index (χ0v) is 13.5. The standard InChI is InChI=1S/C15H23ClN2O3/c1-4-18-15(19)11(2)21-14-12(6-5-7-13(14)16)10-17-8-9-20-3/h5-7,11,17H,4,8-10H2,1-3H3,(H,18,19). The van der Waals surface area contributed by atoms with Crippen molar-refractivity contribution in [2.24, 2.45) is 0 Å². The average Bonchev–Trinajstić information content (AvgIpc) is 2.46. The van der Waals surface area contributed by atoms with Gasteiger partial charge in [-0.2, -0.15) is 0 Å². The molecule has 0 bridgehead atoms. The van der Waals surface area contributed by atoms with Crippen molar-refractivity contribution in [2.75, 3.05) is 26.8 Å². The quantitative estimate of drug-likeness (QED) is 0.684. The molecule has 0 aliphatic carbocycles. The number of carbonyl (C=O) groups excluding carboxylic acids is 1. The van der Waals surface area contributed by atoms with Crippen molar-refractivity contribution in [3.05, 3.63) is 28.8 Å². The highest BCUT2D eigenvalue weighted by molar-refractivity contribution is 6.32. The highest BCUT2D eigenvalue weighted by atomic mass is 35.5. The van der Waals surface area contributed by atoms with Gasteiger partial charge in [0.2, 0.25) is 0 Å². The third-order valence-corrected chi connectivity index (χ3v) is 3.16. The fourth-order valence-electron chi connectivity index (χ4n) is 1.77. The summed E-state index contributed by atoms with van der Waals surface area (Å²) < 4.78 is 10.7. The summed E-state index contributed by atoms with van der Waals surface area (Å²) >= 11 is 6.19. The predicted molar refractivity (Wildman–Crippen MR) is 83.8 cm³/mol. The van der Waals surface area contributed by atoms with Gasteiger partial charge in [-0.1, -0.05) is 23.7 Å². The van der Waals surface area contributed by atoms with Gasteiger partial charge in [-0.15, -0.1) is 0 Å². The number of halogens is 1. The van der Waals surface area contributed by atoms with Crippen LogP contribution in [0.5, 0.6) is 5.75 Å². The molecule has 21 heavy (non-hydrogen) atoms. The van der Waals surface area contributed by atoms with Crippen LogP contribution in [0.2, 0.25) is 5.02 Å². The van der Waals surface area contributed by atoms with E-state index < -0.39 is 6.10 Å². The molecule has 0 saturated carbocycles. The number of hydrogen-bond donors (Lipinski definition) is 2. The summed E-state index contributed by atoms with van der Waals surface area (Å²) in [6.07, 6.45) is -0.595. The Labute approximate surface area is 131 Å². The molecule has 1 atom stereocenters. The average molecular weight is 315 g/mol. The van der Waals surface area contributed by atoms with Gasteiger partial charge in [-0.05, 0) is 19.9 Å². The Morgan fingerprint density at radius 2 is 2.19 bits per heavy atom. The molecule has 0 spiro atoms. The van der Waals surface area contributed by atoms with Crippen LogP contribution in [0.1, 0.15) is 19.4 Å². The zero-order chi connectivity index (χ0) is 15.7. The van der Waals surface area contributed by atoms with Crippen molar-refractivity contribution >= 4 is 17.5 Å². The lowest BCUT2D eigenvalue weighted by molar-refractivity contribution is -0.127. The van der Waals surface area contributed by atoms with E-state index in [1.165, 1.54) is 0 Å². The van der Waals surface area contributed by atoms with Gasteiger partial charge in [0.1, 0.15) is 5.75 Å². The Hall–Kier alpha value is -1.30. The van der Waals surface area contributed by atoms with Crippen LogP contribution in [-0.4, -0.2) is 38.8 Å². The van der Waals surface area contributed by atoms with Crippen LogP contribution < -0.4 is 15.4 Å². The molecule has 0 fully saturated rings. The largest absolute Gasteiger partial charge is 0.479 e. The third-order valence-electron chi connectivity index (χ3n) is 2.86. The minimum absolute atomic E-state index is 0.157. The molecule has 2 N–H and O–H groups in total. The van der Waals surface area contributed by atoms with E-state index >= 15 is 0 Å². The predicted octanol–water partition coefficient (Wildman–Crippen LogP) is 1.98. The van der Waals surface area contributed by atoms with Gasteiger partial charge >= 0.3 is 0 Å². The molecule has 1 aromatic rings. The summed E-state index contributed by atoms with van der Waals surface area (Å²) in [5.74, 6) is 0.388. The summed E-state index contributed by atoms with van der Waals surface area (Å²) in [7, 11) is 1.66. The number of ether oxygens (including phenoxy) is 2. The number of para-hydroxylation sites is 1. The highest BCUT2D eigenvalue weighted by Gasteiger charge is 2.17. The maximum absolute atomic E-state index is 11.8. The summed E-state index contributed by atoms with van der Waals surface area (Å²) in [6.45, 7) is 6.10. The SMILES string of the molecule is CCNC(=O)C(C)Oc1c(Cl)cccc1CNCCOC. The minimum Gasteiger partial charge on any atom is -0.479 e. The molecule has 0 saturated heterocycles. The molecule has 1 unspecified atom stereocenters. The maximum atomic E-state index is 11.8. The van der Waals surface area contributed by atoms with Crippen LogP contribution in [0.15, 0.2) is 18.2 Å². The van der Waals surface area contributed by atoms with E-state index in [9.17, 15) is 4.79 Å². The van der Waals surface area contributed by atoms with Crippen LogP contribution in [-0.2, 0) is 16.1 Å². The number of hydrogen-bond acceptors (Lipinski definition) is 4. The number of likely N-dealkylation sites (N-methyl/N-ethyl adjacent to an activating group) is 1. The second-order valence-corrected chi connectivity index (χ2v) is 4.96. The van der Waals surface area contributed by atoms with E-state index in [0.29, 0.717) is 30.5 Å². The molecule has 1 rings (SSSR count).